The zero-order chi connectivity index (χ0) is 14.0. The Bertz CT molecular complexity index is 488. The van der Waals surface area contributed by atoms with Gasteiger partial charge in [0.1, 0.15) is 0 Å². The molecule has 0 aliphatic carbocycles. The Balaban J connectivity index is 2.06. The molecule has 0 radical (unpaired) electrons. The maximum Gasteiger partial charge on any atom is 0.451 e. The fourth-order valence-corrected chi connectivity index (χ4v) is 1.81. The van der Waals surface area contributed by atoms with Gasteiger partial charge in [-0.2, -0.15) is 13.2 Å². The van der Waals surface area contributed by atoms with Crippen LogP contribution >= 0.6 is 0 Å². The van der Waals surface area contributed by atoms with Crippen molar-refractivity contribution in [2.75, 3.05) is 13.2 Å². The van der Waals surface area contributed by atoms with Crippen LogP contribution in [0.5, 0.6) is 0 Å². The highest BCUT2D eigenvalue weighted by atomic mass is 19.4. The van der Waals surface area contributed by atoms with Gasteiger partial charge in [-0.25, -0.2) is 9.48 Å². The summed E-state index contributed by atoms with van der Waals surface area (Å²) in [7, 11) is 1.04. The third-order valence-corrected chi connectivity index (χ3v) is 2.77. The van der Waals surface area contributed by atoms with E-state index in [2.05, 4.69) is 5.10 Å². The van der Waals surface area contributed by atoms with Crippen LogP contribution in [0.1, 0.15) is 18.7 Å². The highest BCUT2D eigenvalue weighted by molar-refractivity contribution is 4.91. The molecule has 0 N–H and O–H groups in total. The Morgan fingerprint density at radius 1 is 1.37 bits per heavy atom. The third kappa shape index (κ3) is 3.16. The molecule has 1 aliphatic rings. The summed E-state index contributed by atoms with van der Waals surface area (Å²) >= 11 is 0. The van der Waals surface area contributed by atoms with E-state index in [4.69, 9.17) is 9.47 Å². The highest BCUT2D eigenvalue weighted by Gasteiger charge is 2.38. The molecule has 19 heavy (non-hydrogen) atoms. The summed E-state index contributed by atoms with van der Waals surface area (Å²) < 4.78 is 49.4. The van der Waals surface area contributed by atoms with Gasteiger partial charge in [0.05, 0.1) is 19.8 Å². The molecule has 1 aromatic heterocycles. The normalized spacial score (nSPS) is 17.9. The van der Waals surface area contributed by atoms with Crippen molar-refractivity contribution >= 4 is 0 Å². The van der Waals surface area contributed by atoms with Crippen LogP contribution in [0, 0.1) is 0 Å². The number of ether oxygens (including phenoxy) is 2. The first kappa shape index (κ1) is 14.1. The molecule has 1 aromatic rings. The molecule has 0 amide bonds. The number of hydrogen-bond acceptors (Lipinski definition) is 4. The average Bonchev–Trinajstić information content (AvgIpc) is 2.65. The smallest absolute Gasteiger partial charge is 0.353 e. The minimum absolute atomic E-state index is 0.0212. The lowest BCUT2D eigenvalue weighted by Crippen LogP contribution is -2.29. The first-order valence-electron chi connectivity index (χ1n) is 5.84. The monoisotopic (exact) mass is 281 g/mol. The van der Waals surface area contributed by atoms with Gasteiger partial charge < -0.3 is 9.47 Å². The van der Waals surface area contributed by atoms with E-state index >= 15 is 0 Å². The van der Waals surface area contributed by atoms with E-state index in [0.717, 1.165) is 18.2 Å². The van der Waals surface area contributed by atoms with E-state index in [1.165, 1.54) is 0 Å². The molecule has 6 nitrogen and oxygen atoms in total. The molecule has 0 spiro atoms. The number of aromatic nitrogens is 3. The summed E-state index contributed by atoms with van der Waals surface area (Å²) in [6.07, 6.45) is -4.05. The fraction of sp³-hybridized carbons (Fsp3) is 0.800. The summed E-state index contributed by atoms with van der Waals surface area (Å²) in [6.45, 7) is 1.12. The van der Waals surface area contributed by atoms with Gasteiger partial charge in [-0.05, 0) is 6.42 Å². The molecule has 108 valence electrons. The summed E-state index contributed by atoms with van der Waals surface area (Å²) in [5.41, 5.74) is -0.803. The number of aryl methyl sites for hydroxylation is 1. The van der Waals surface area contributed by atoms with Gasteiger partial charge in [-0.1, -0.05) is 0 Å². The van der Waals surface area contributed by atoms with Gasteiger partial charge in [0.15, 0.2) is 6.29 Å². The Kier molecular flexibility index (Phi) is 3.95. The Morgan fingerprint density at radius 3 is 2.53 bits per heavy atom. The molecule has 0 atom stereocenters. The molecule has 1 aliphatic heterocycles. The predicted octanol–water partition coefficient (Wildman–Crippen LogP) is 0.754. The van der Waals surface area contributed by atoms with Crippen LogP contribution in [-0.2, 0) is 29.2 Å². The Hall–Kier alpha value is -1.35. The van der Waals surface area contributed by atoms with E-state index in [0.29, 0.717) is 17.8 Å². The van der Waals surface area contributed by atoms with Gasteiger partial charge in [-0.3, -0.25) is 4.57 Å². The van der Waals surface area contributed by atoms with Crippen molar-refractivity contribution in [3.8, 4) is 0 Å². The first-order chi connectivity index (χ1) is 8.89. The minimum atomic E-state index is -4.64. The molecule has 2 rings (SSSR count). The van der Waals surface area contributed by atoms with Crippen LogP contribution in [0.15, 0.2) is 4.79 Å². The summed E-state index contributed by atoms with van der Waals surface area (Å²) in [4.78, 5) is 11.6. The van der Waals surface area contributed by atoms with Crippen LogP contribution in [0.25, 0.3) is 0 Å². The van der Waals surface area contributed by atoms with Crippen molar-refractivity contribution in [2.45, 2.75) is 31.9 Å². The van der Waals surface area contributed by atoms with Crippen LogP contribution in [0.4, 0.5) is 13.2 Å². The van der Waals surface area contributed by atoms with Gasteiger partial charge in [0, 0.05) is 13.5 Å². The van der Waals surface area contributed by atoms with Crippen molar-refractivity contribution in [1.29, 1.82) is 0 Å². The topological polar surface area (TPSA) is 58.3 Å². The first-order valence-corrected chi connectivity index (χ1v) is 5.84. The molecule has 9 heteroatoms. The van der Waals surface area contributed by atoms with Crippen molar-refractivity contribution in [3.63, 3.8) is 0 Å². The standard InChI is InChI=1S/C10H14F3N3O3/c1-15-8(10(11,12)13)14-16(9(15)17)4-3-7-18-5-2-6-19-7/h7H,2-6H2,1H3. The lowest BCUT2D eigenvalue weighted by molar-refractivity contribution is -0.182. The third-order valence-electron chi connectivity index (χ3n) is 2.77. The molecule has 1 saturated heterocycles. The Labute approximate surface area is 106 Å². The summed E-state index contributed by atoms with van der Waals surface area (Å²) in [6, 6.07) is 0. The minimum Gasteiger partial charge on any atom is -0.353 e. The quantitative estimate of drug-likeness (QED) is 0.820. The van der Waals surface area contributed by atoms with Crippen LogP contribution in [-0.4, -0.2) is 33.9 Å². The van der Waals surface area contributed by atoms with Crippen LogP contribution in [0.3, 0.4) is 0 Å². The molecule has 0 bridgehead atoms. The average molecular weight is 281 g/mol. The maximum absolute atomic E-state index is 12.6. The van der Waals surface area contributed by atoms with Crippen molar-refractivity contribution in [3.05, 3.63) is 16.3 Å². The molecule has 0 unspecified atom stereocenters. The highest BCUT2D eigenvalue weighted by Crippen LogP contribution is 2.26. The largest absolute Gasteiger partial charge is 0.451 e. The zero-order valence-corrected chi connectivity index (χ0v) is 10.3. The number of alkyl halides is 3. The lowest BCUT2D eigenvalue weighted by atomic mass is 10.3. The van der Waals surface area contributed by atoms with Gasteiger partial charge in [-0.15, -0.1) is 5.10 Å². The fourth-order valence-electron chi connectivity index (χ4n) is 1.81. The second kappa shape index (κ2) is 5.33. The summed E-state index contributed by atoms with van der Waals surface area (Å²) in [5, 5.41) is 3.30. The molecular formula is C10H14F3N3O3. The molecule has 0 aromatic carbocycles. The maximum atomic E-state index is 12.6. The SMILES string of the molecule is Cn1c(C(F)(F)F)nn(CCC2OCCCO2)c1=O. The van der Waals surface area contributed by atoms with Crippen molar-refractivity contribution < 1.29 is 22.6 Å². The number of nitrogens with zero attached hydrogens (tertiary/aromatic N) is 3. The molecule has 2 heterocycles. The van der Waals surface area contributed by atoms with Crippen LogP contribution in [0.2, 0.25) is 0 Å². The lowest BCUT2D eigenvalue weighted by Gasteiger charge is -2.22. The van der Waals surface area contributed by atoms with E-state index in [1.807, 2.05) is 0 Å². The van der Waals surface area contributed by atoms with Gasteiger partial charge in [0.25, 0.3) is 0 Å². The van der Waals surface area contributed by atoms with Crippen molar-refractivity contribution in [2.24, 2.45) is 7.05 Å². The second-order valence-corrected chi connectivity index (χ2v) is 4.20. The Morgan fingerprint density at radius 2 is 2.00 bits per heavy atom. The number of halogens is 3. The van der Waals surface area contributed by atoms with Gasteiger partial charge >= 0.3 is 11.9 Å². The van der Waals surface area contributed by atoms with Gasteiger partial charge in [0.2, 0.25) is 5.82 Å². The number of hydrogen-bond donors (Lipinski definition) is 0. The second-order valence-electron chi connectivity index (χ2n) is 4.20. The van der Waals surface area contributed by atoms with Crippen molar-refractivity contribution in [1.82, 2.24) is 14.3 Å². The molecular weight excluding hydrogens is 267 g/mol. The predicted molar refractivity (Wildman–Crippen MR) is 57.4 cm³/mol. The number of rotatable bonds is 3. The van der Waals surface area contributed by atoms with E-state index in [9.17, 15) is 18.0 Å². The van der Waals surface area contributed by atoms with E-state index in [1.54, 1.807) is 0 Å². The summed E-state index contributed by atoms with van der Waals surface area (Å²) in [5.74, 6) is -1.21. The molecule has 1 fully saturated rings. The van der Waals surface area contributed by atoms with E-state index < -0.39 is 24.0 Å². The zero-order valence-electron chi connectivity index (χ0n) is 10.3. The van der Waals surface area contributed by atoms with E-state index in [-0.39, 0.29) is 13.0 Å². The van der Waals surface area contributed by atoms with Crippen LogP contribution < -0.4 is 5.69 Å². The molecule has 0 saturated carbocycles.